The Morgan fingerprint density at radius 1 is 1.31 bits per heavy atom. The van der Waals surface area contributed by atoms with Crippen molar-refractivity contribution >= 4 is 39.0 Å². The van der Waals surface area contributed by atoms with Crippen molar-refractivity contribution in [3.05, 3.63) is 15.0 Å². The van der Waals surface area contributed by atoms with E-state index in [0.29, 0.717) is 28.2 Å². The molecule has 11 heteroatoms. The highest BCUT2D eigenvalue weighted by Crippen LogP contribution is 2.40. The highest BCUT2D eigenvalue weighted by Gasteiger charge is 2.48. The van der Waals surface area contributed by atoms with Gasteiger partial charge in [0.15, 0.2) is 11.9 Å². The topological polar surface area (TPSA) is 115 Å². The molecule has 1 amide bonds. The number of aromatic nitrogens is 4. The van der Waals surface area contributed by atoms with Gasteiger partial charge in [-0.05, 0) is 54.5 Å². The number of amides is 1. The Morgan fingerprint density at radius 2 is 2.14 bits per heavy atom. The molecule has 3 fully saturated rings. The number of anilines is 1. The number of nitrogens with one attached hydrogen (secondary N) is 1. The summed E-state index contributed by atoms with van der Waals surface area (Å²) in [6.45, 7) is 0.667. The van der Waals surface area contributed by atoms with Crippen LogP contribution in [0, 0.1) is 0 Å². The number of fused-ring (bicyclic) bond motifs is 3. The average molecular weight is 467 g/mol. The number of nitrogens with zero attached hydrogens (tertiary/aromatic N) is 5. The van der Waals surface area contributed by atoms with E-state index < -0.39 is 6.09 Å². The molecule has 4 atom stereocenters. The van der Waals surface area contributed by atoms with Crippen molar-refractivity contribution < 1.29 is 14.6 Å². The molecule has 2 bridgehead atoms. The largest absolute Gasteiger partial charge is 0.465 e. The lowest BCUT2D eigenvalue weighted by Crippen LogP contribution is -2.44. The fraction of sp³-hybridized carbons (Fsp3) is 0.667. The molecule has 3 aliphatic rings. The van der Waals surface area contributed by atoms with Gasteiger partial charge in [-0.25, -0.2) is 9.48 Å². The second-order valence-corrected chi connectivity index (χ2v) is 8.78. The fourth-order valence-electron chi connectivity index (χ4n) is 5.08. The van der Waals surface area contributed by atoms with E-state index in [1.807, 2.05) is 0 Å². The van der Waals surface area contributed by atoms with Crippen molar-refractivity contribution in [2.24, 2.45) is 7.05 Å². The minimum Gasteiger partial charge on any atom is -0.465 e. The first-order valence-electron chi connectivity index (χ1n) is 10.00. The van der Waals surface area contributed by atoms with Crippen LogP contribution in [-0.4, -0.2) is 55.3 Å². The van der Waals surface area contributed by atoms with Gasteiger partial charge in [0.25, 0.3) is 5.56 Å². The summed E-state index contributed by atoms with van der Waals surface area (Å²) in [5.41, 5.74) is 0.337. The van der Waals surface area contributed by atoms with Gasteiger partial charge in [0.2, 0.25) is 5.95 Å². The number of halogens is 1. The highest BCUT2D eigenvalue weighted by atomic mass is 79.9. The van der Waals surface area contributed by atoms with E-state index in [0.717, 1.165) is 38.5 Å². The molecule has 156 valence electrons. The zero-order valence-corrected chi connectivity index (χ0v) is 17.6. The second-order valence-electron chi connectivity index (χ2n) is 8.03. The van der Waals surface area contributed by atoms with Crippen LogP contribution >= 0.6 is 15.9 Å². The molecular weight excluding hydrogens is 444 g/mol. The van der Waals surface area contributed by atoms with Gasteiger partial charge >= 0.3 is 6.09 Å². The molecule has 29 heavy (non-hydrogen) atoms. The van der Waals surface area contributed by atoms with Gasteiger partial charge in [-0.1, -0.05) is 0 Å². The Morgan fingerprint density at radius 3 is 2.86 bits per heavy atom. The molecule has 0 aromatic carbocycles. The zero-order valence-electron chi connectivity index (χ0n) is 16.0. The molecule has 0 aliphatic carbocycles. The van der Waals surface area contributed by atoms with Crippen LogP contribution in [0.5, 0.6) is 0 Å². The van der Waals surface area contributed by atoms with E-state index in [2.05, 4.69) is 31.2 Å². The first-order valence-corrected chi connectivity index (χ1v) is 10.8. The lowest BCUT2D eigenvalue weighted by Gasteiger charge is -2.27. The lowest BCUT2D eigenvalue weighted by atomic mass is 9.96. The van der Waals surface area contributed by atoms with Gasteiger partial charge < -0.3 is 20.1 Å². The number of ether oxygens (including phenoxy) is 1. The molecule has 0 saturated carbocycles. The van der Waals surface area contributed by atoms with Crippen molar-refractivity contribution in [2.45, 2.75) is 62.9 Å². The minimum absolute atomic E-state index is 0.00241. The van der Waals surface area contributed by atoms with Gasteiger partial charge in [0, 0.05) is 19.7 Å². The lowest BCUT2D eigenvalue weighted by molar-refractivity contribution is -0.0371. The zero-order chi connectivity index (χ0) is 20.3. The van der Waals surface area contributed by atoms with E-state index in [-0.39, 0.29) is 29.9 Å². The van der Waals surface area contributed by atoms with Crippen LogP contribution < -0.4 is 15.8 Å². The molecule has 2 aromatic heterocycles. The van der Waals surface area contributed by atoms with Gasteiger partial charge in [-0.15, -0.1) is 0 Å². The maximum atomic E-state index is 13.2. The first kappa shape index (κ1) is 18.9. The fourth-order valence-corrected chi connectivity index (χ4v) is 5.60. The predicted molar refractivity (Wildman–Crippen MR) is 108 cm³/mol. The standard InChI is InChI=1S/C18H23BrN6O4/c1-23-16(26)13-14(19)22-25(12-4-2-3-7-29-12)15(13)21-17(23)24-9-5-6-11(24)10(8-9)20-18(27)28/h9-12,20H,2-8H2,1H3,(H,27,28)/t9-,10+,11+,12?/m0/s1. The second kappa shape index (κ2) is 6.98. The van der Waals surface area contributed by atoms with Gasteiger partial charge in [0.05, 0.1) is 12.1 Å². The summed E-state index contributed by atoms with van der Waals surface area (Å²) in [6.07, 6.45) is 4.20. The summed E-state index contributed by atoms with van der Waals surface area (Å²) < 4.78 is 9.61. The Balaban J connectivity index is 1.61. The Labute approximate surface area is 175 Å². The number of hydrogen-bond acceptors (Lipinski definition) is 6. The third-order valence-corrected chi connectivity index (χ3v) is 6.93. The van der Waals surface area contributed by atoms with E-state index in [1.54, 1.807) is 16.3 Å². The summed E-state index contributed by atoms with van der Waals surface area (Å²) >= 11 is 3.42. The Kier molecular flexibility index (Phi) is 4.54. The third-order valence-electron chi connectivity index (χ3n) is 6.37. The molecule has 3 saturated heterocycles. The molecule has 0 spiro atoms. The van der Waals surface area contributed by atoms with Crippen LogP contribution in [0.4, 0.5) is 10.7 Å². The SMILES string of the molecule is Cn1c(N2[C@H]3CC[C@@H]2[C@H](NC(=O)O)C3)nc2c(c(Br)nn2C2CCCCO2)c1=O. The van der Waals surface area contributed by atoms with Crippen molar-refractivity contribution in [1.29, 1.82) is 0 Å². The van der Waals surface area contributed by atoms with Crippen LogP contribution in [0.2, 0.25) is 0 Å². The van der Waals surface area contributed by atoms with Crippen LogP contribution in [0.25, 0.3) is 11.0 Å². The minimum atomic E-state index is -1.02. The summed E-state index contributed by atoms with van der Waals surface area (Å²) in [7, 11) is 1.71. The number of rotatable bonds is 3. The van der Waals surface area contributed by atoms with Crippen molar-refractivity contribution in [2.75, 3.05) is 11.5 Å². The number of hydrogen-bond donors (Lipinski definition) is 2. The van der Waals surface area contributed by atoms with E-state index in [4.69, 9.17) is 14.8 Å². The highest BCUT2D eigenvalue weighted by molar-refractivity contribution is 9.10. The summed E-state index contributed by atoms with van der Waals surface area (Å²) in [6, 6.07) is 0.00714. The molecule has 10 nitrogen and oxygen atoms in total. The van der Waals surface area contributed by atoms with E-state index >= 15 is 0 Å². The Hall–Kier alpha value is -2.14. The van der Waals surface area contributed by atoms with Gasteiger partial charge in [-0.3, -0.25) is 9.36 Å². The quantitative estimate of drug-likeness (QED) is 0.710. The van der Waals surface area contributed by atoms with E-state index in [9.17, 15) is 9.59 Å². The monoisotopic (exact) mass is 466 g/mol. The number of carboxylic acid groups (broad SMARTS) is 1. The molecule has 1 unspecified atom stereocenters. The third kappa shape index (κ3) is 2.93. The average Bonchev–Trinajstić information content (AvgIpc) is 3.35. The van der Waals surface area contributed by atoms with Crippen LogP contribution in [0.1, 0.15) is 44.8 Å². The van der Waals surface area contributed by atoms with Crippen molar-refractivity contribution in [1.82, 2.24) is 24.6 Å². The van der Waals surface area contributed by atoms with E-state index in [1.165, 1.54) is 0 Å². The van der Waals surface area contributed by atoms with Gasteiger partial charge in [-0.2, -0.15) is 10.1 Å². The molecule has 3 aliphatic heterocycles. The summed E-state index contributed by atoms with van der Waals surface area (Å²) in [4.78, 5) is 31.3. The molecule has 2 aromatic rings. The molecular formula is C18H23BrN6O4. The predicted octanol–water partition coefficient (Wildman–Crippen LogP) is 1.97. The smallest absolute Gasteiger partial charge is 0.404 e. The molecule has 0 radical (unpaired) electrons. The molecule has 5 heterocycles. The first-order chi connectivity index (χ1) is 14.0. The maximum Gasteiger partial charge on any atom is 0.404 e. The van der Waals surface area contributed by atoms with Gasteiger partial charge in [0.1, 0.15) is 9.99 Å². The van der Waals surface area contributed by atoms with Crippen LogP contribution in [0.3, 0.4) is 0 Å². The normalized spacial score (nSPS) is 29.0. The van der Waals surface area contributed by atoms with Crippen molar-refractivity contribution in [3.8, 4) is 0 Å². The van der Waals surface area contributed by atoms with Crippen LogP contribution in [0.15, 0.2) is 9.40 Å². The number of carbonyl (C=O) groups is 1. The van der Waals surface area contributed by atoms with Crippen LogP contribution in [-0.2, 0) is 11.8 Å². The summed E-state index contributed by atoms with van der Waals surface area (Å²) in [5.74, 6) is 0.564. The summed E-state index contributed by atoms with van der Waals surface area (Å²) in [5, 5.41) is 16.7. The Bertz CT molecular complexity index is 1030. The van der Waals surface area contributed by atoms with Crippen molar-refractivity contribution in [3.63, 3.8) is 0 Å². The molecule has 2 N–H and O–H groups in total. The maximum absolute atomic E-state index is 13.2. The molecule has 5 rings (SSSR count).